The fraction of sp³-hybridized carbons (Fsp3) is 0.600. The fourth-order valence-corrected chi connectivity index (χ4v) is 3.01. The van der Waals surface area contributed by atoms with Crippen molar-refractivity contribution in [3.63, 3.8) is 0 Å². The van der Waals surface area contributed by atoms with Crippen LogP contribution in [0.25, 0.3) is 0 Å². The second kappa shape index (κ2) is 5.99. The molecule has 6 heteroatoms. The van der Waals surface area contributed by atoms with Crippen LogP contribution in [0.1, 0.15) is 35.8 Å². The Morgan fingerprint density at radius 2 is 2.33 bits per heavy atom. The van der Waals surface area contributed by atoms with E-state index in [1.165, 1.54) is 5.56 Å². The molecule has 1 aliphatic heterocycles. The van der Waals surface area contributed by atoms with E-state index in [-0.39, 0.29) is 6.04 Å². The van der Waals surface area contributed by atoms with E-state index in [4.69, 9.17) is 4.52 Å². The Morgan fingerprint density at radius 1 is 1.48 bits per heavy atom. The molecule has 2 aromatic heterocycles. The molecule has 1 N–H and O–H groups in total. The van der Waals surface area contributed by atoms with Gasteiger partial charge in [-0.15, -0.1) is 0 Å². The first-order valence-electron chi connectivity index (χ1n) is 7.56. The van der Waals surface area contributed by atoms with Crippen molar-refractivity contribution in [2.75, 3.05) is 19.6 Å². The van der Waals surface area contributed by atoms with Gasteiger partial charge in [-0.05, 0) is 13.3 Å². The molecule has 0 spiro atoms. The summed E-state index contributed by atoms with van der Waals surface area (Å²) in [5.74, 6) is 2.04. The number of rotatable bonds is 4. The van der Waals surface area contributed by atoms with Gasteiger partial charge in [0, 0.05) is 51.2 Å². The minimum Gasteiger partial charge on any atom is -0.361 e. The van der Waals surface area contributed by atoms with E-state index >= 15 is 0 Å². The summed E-state index contributed by atoms with van der Waals surface area (Å²) in [7, 11) is 2.05. The maximum atomic E-state index is 5.36. The first-order valence-corrected chi connectivity index (χ1v) is 7.56. The van der Waals surface area contributed by atoms with Gasteiger partial charge in [-0.1, -0.05) is 12.1 Å². The van der Waals surface area contributed by atoms with Crippen LogP contribution in [-0.4, -0.2) is 39.2 Å². The molecule has 21 heavy (non-hydrogen) atoms. The molecule has 0 saturated carbocycles. The molecule has 0 aromatic carbocycles. The van der Waals surface area contributed by atoms with Crippen LogP contribution in [0.5, 0.6) is 0 Å². The lowest BCUT2D eigenvalue weighted by atomic mass is 10.1. The van der Waals surface area contributed by atoms with Crippen molar-refractivity contribution in [2.45, 2.75) is 32.9 Å². The maximum absolute atomic E-state index is 5.36. The number of piperazine rings is 1. The van der Waals surface area contributed by atoms with Gasteiger partial charge < -0.3 is 14.4 Å². The zero-order valence-electron chi connectivity index (χ0n) is 13.0. The molecule has 1 saturated heterocycles. The average Bonchev–Trinajstić information content (AvgIpc) is 3.07. The van der Waals surface area contributed by atoms with Gasteiger partial charge >= 0.3 is 0 Å². The highest BCUT2D eigenvalue weighted by atomic mass is 16.5. The Bertz CT molecular complexity index is 603. The third kappa shape index (κ3) is 2.73. The van der Waals surface area contributed by atoms with Gasteiger partial charge in [-0.25, -0.2) is 4.98 Å². The summed E-state index contributed by atoms with van der Waals surface area (Å²) in [6, 6.07) is 0.290. The van der Waals surface area contributed by atoms with Gasteiger partial charge in [-0.2, -0.15) is 0 Å². The minimum atomic E-state index is 0.290. The summed E-state index contributed by atoms with van der Waals surface area (Å²) < 4.78 is 7.47. The molecule has 0 bridgehead atoms. The molecule has 1 unspecified atom stereocenters. The van der Waals surface area contributed by atoms with Crippen molar-refractivity contribution in [3.8, 4) is 0 Å². The molecule has 0 radical (unpaired) electrons. The van der Waals surface area contributed by atoms with Gasteiger partial charge in [0.05, 0.1) is 11.7 Å². The number of hydrogen-bond donors (Lipinski definition) is 1. The van der Waals surface area contributed by atoms with Crippen LogP contribution in [0, 0.1) is 6.92 Å². The quantitative estimate of drug-likeness (QED) is 0.922. The normalized spacial score (nSPS) is 20.0. The zero-order valence-corrected chi connectivity index (χ0v) is 13.0. The Morgan fingerprint density at radius 3 is 3.05 bits per heavy atom. The van der Waals surface area contributed by atoms with Gasteiger partial charge in [0.25, 0.3) is 0 Å². The van der Waals surface area contributed by atoms with Gasteiger partial charge in [0.1, 0.15) is 11.6 Å². The number of aryl methyl sites for hydroxylation is 3. The Hall–Kier alpha value is -1.66. The highest BCUT2D eigenvalue weighted by Gasteiger charge is 2.28. The van der Waals surface area contributed by atoms with Gasteiger partial charge in [-0.3, -0.25) is 4.90 Å². The molecule has 0 aliphatic carbocycles. The number of aromatic nitrogens is 3. The van der Waals surface area contributed by atoms with Crippen LogP contribution in [0.15, 0.2) is 16.9 Å². The third-order valence-corrected chi connectivity index (χ3v) is 4.27. The lowest BCUT2D eigenvalue weighted by molar-refractivity contribution is 0.143. The van der Waals surface area contributed by atoms with E-state index in [2.05, 4.69) is 38.9 Å². The number of nitrogens with zero attached hydrogens (tertiary/aromatic N) is 4. The summed E-state index contributed by atoms with van der Waals surface area (Å²) in [5.41, 5.74) is 2.31. The maximum Gasteiger partial charge on any atom is 0.138 e. The number of hydrogen-bond acceptors (Lipinski definition) is 5. The van der Waals surface area contributed by atoms with Gasteiger partial charge in [0.15, 0.2) is 0 Å². The van der Waals surface area contributed by atoms with Crippen LogP contribution in [-0.2, 0) is 20.0 Å². The lowest BCUT2D eigenvalue weighted by Gasteiger charge is -2.35. The number of nitrogens with one attached hydrogen (secondary N) is 1. The van der Waals surface area contributed by atoms with Crippen molar-refractivity contribution in [2.24, 2.45) is 7.05 Å². The molecule has 1 fully saturated rings. The van der Waals surface area contributed by atoms with E-state index in [1.54, 1.807) is 0 Å². The third-order valence-electron chi connectivity index (χ3n) is 4.27. The van der Waals surface area contributed by atoms with Crippen molar-refractivity contribution >= 4 is 0 Å². The van der Waals surface area contributed by atoms with Crippen LogP contribution in [0.2, 0.25) is 0 Å². The monoisotopic (exact) mass is 289 g/mol. The molecule has 0 amide bonds. The standard InChI is InChI=1S/C15H23N5O/c1-4-13-12(11(2)21-18-13)10-20-8-5-16-9-14(20)15-17-6-7-19(15)3/h6-7,14,16H,4-5,8-10H2,1-3H3. The summed E-state index contributed by atoms with van der Waals surface area (Å²) in [6.07, 6.45) is 4.78. The van der Waals surface area contributed by atoms with Crippen LogP contribution >= 0.6 is 0 Å². The molecule has 3 rings (SSSR count). The topological polar surface area (TPSA) is 59.1 Å². The summed E-state index contributed by atoms with van der Waals surface area (Å²) in [4.78, 5) is 7.00. The lowest BCUT2D eigenvalue weighted by Crippen LogP contribution is -2.46. The van der Waals surface area contributed by atoms with Crippen LogP contribution in [0.3, 0.4) is 0 Å². The van der Waals surface area contributed by atoms with E-state index in [1.807, 2.05) is 19.3 Å². The zero-order chi connectivity index (χ0) is 14.8. The first kappa shape index (κ1) is 14.3. The first-order chi connectivity index (χ1) is 10.2. The Balaban J connectivity index is 1.85. The highest BCUT2D eigenvalue weighted by molar-refractivity contribution is 5.22. The van der Waals surface area contributed by atoms with E-state index < -0.39 is 0 Å². The molecule has 1 aliphatic rings. The SMILES string of the molecule is CCc1noc(C)c1CN1CCNCC1c1nccn1C. The molecular formula is C15H23N5O. The van der Waals surface area contributed by atoms with Crippen molar-refractivity contribution in [1.29, 1.82) is 0 Å². The predicted octanol–water partition coefficient (Wildman–Crippen LogP) is 1.43. The summed E-state index contributed by atoms with van der Waals surface area (Å²) in [6.45, 7) is 7.93. The Labute approximate surface area is 125 Å². The average molecular weight is 289 g/mol. The fourth-order valence-electron chi connectivity index (χ4n) is 3.01. The molecule has 3 heterocycles. The van der Waals surface area contributed by atoms with E-state index in [0.29, 0.717) is 0 Å². The predicted molar refractivity (Wildman–Crippen MR) is 79.8 cm³/mol. The minimum absolute atomic E-state index is 0.290. The van der Waals surface area contributed by atoms with Crippen molar-refractivity contribution < 1.29 is 4.52 Å². The highest BCUT2D eigenvalue weighted by Crippen LogP contribution is 2.25. The molecule has 114 valence electrons. The van der Waals surface area contributed by atoms with Crippen molar-refractivity contribution in [1.82, 2.24) is 24.9 Å². The van der Waals surface area contributed by atoms with E-state index in [9.17, 15) is 0 Å². The largest absolute Gasteiger partial charge is 0.361 e. The smallest absolute Gasteiger partial charge is 0.138 e. The van der Waals surface area contributed by atoms with Crippen LogP contribution < -0.4 is 5.32 Å². The molecular weight excluding hydrogens is 266 g/mol. The van der Waals surface area contributed by atoms with Gasteiger partial charge in [0.2, 0.25) is 0 Å². The summed E-state index contributed by atoms with van der Waals surface area (Å²) in [5, 5.41) is 7.64. The van der Waals surface area contributed by atoms with Crippen LogP contribution in [0.4, 0.5) is 0 Å². The Kier molecular flexibility index (Phi) is 4.07. The molecule has 2 aromatic rings. The molecule has 1 atom stereocenters. The second-order valence-electron chi connectivity index (χ2n) is 5.60. The number of imidazole rings is 1. The second-order valence-corrected chi connectivity index (χ2v) is 5.60. The van der Waals surface area contributed by atoms with Crippen molar-refractivity contribution in [3.05, 3.63) is 35.2 Å². The molecule has 6 nitrogen and oxygen atoms in total. The summed E-state index contributed by atoms with van der Waals surface area (Å²) >= 11 is 0. The van der Waals surface area contributed by atoms with E-state index in [0.717, 1.165) is 49.9 Å².